The van der Waals surface area contributed by atoms with Crippen LogP contribution in [0.15, 0.2) is 18.2 Å². The largest absolute Gasteiger partial charge is 0.383 e. The average molecular weight is 294 g/mol. The van der Waals surface area contributed by atoms with Crippen LogP contribution < -0.4 is 10.2 Å². The lowest BCUT2D eigenvalue weighted by molar-refractivity contribution is 0.199. The molecule has 20 heavy (non-hydrogen) atoms. The van der Waals surface area contributed by atoms with Crippen LogP contribution in [0.5, 0.6) is 0 Å². The Kier molecular flexibility index (Phi) is 6.20. The average Bonchev–Trinajstić information content (AvgIpc) is 2.44. The van der Waals surface area contributed by atoms with Crippen molar-refractivity contribution in [2.75, 3.05) is 44.0 Å². The fraction of sp³-hybridized carbons (Fsp3) is 0.625. The van der Waals surface area contributed by atoms with E-state index in [0.29, 0.717) is 0 Å². The summed E-state index contributed by atoms with van der Waals surface area (Å²) in [5, 5.41) is 4.13. The summed E-state index contributed by atoms with van der Waals surface area (Å²) in [5.74, 6) is 1.24. The van der Waals surface area contributed by atoms with E-state index in [-0.39, 0.29) is 0 Å². The van der Waals surface area contributed by atoms with E-state index >= 15 is 0 Å². The van der Waals surface area contributed by atoms with Gasteiger partial charge in [0, 0.05) is 50.0 Å². The Hall–Kier alpha value is -0.710. The number of anilines is 1. The van der Waals surface area contributed by atoms with Gasteiger partial charge in [0.2, 0.25) is 0 Å². The number of nitrogens with one attached hydrogen (secondary N) is 1. The van der Waals surface area contributed by atoms with Gasteiger partial charge in [-0.3, -0.25) is 0 Å². The van der Waals surface area contributed by atoms with E-state index in [2.05, 4.69) is 54.0 Å². The molecular formula is C16H26N2OS. The summed E-state index contributed by atoms with van der Waals surface area (Å²) in [7, 11) is 1.73. The number of rotatable bonds is 6. The molecular weight excluding hydrogens is 268 g/mol. The van der Waals surface area contributed by atoms with Gasteiger partial charge in [-0.25, -0.2) is 0 Å². The highest BCUT2D eigenvalue weighted by Gasteiger charge is 2.18. The molecule has 1 aromatic carbocycles. The number of aryl methyl sites for hydroxylation is 1. The summed E-state index contributed by atoms with van der Waals surface area (Å²) in [4.78, 5) is 2.53. The lowest BCUT2D eigenvalue weighted by atomic mass is 10.1. The van der Waals surface area contributed by atoms with E-state index < -0.39 is 0 Å². The fourth-order valence-corrected chi connectivity index (χ4v) is 3.64. The highest BCUT2D eigenvalue weighted by Crippen LogP contribution is 2.27. The van der Waals surface area contributed by atoms with E-state index in [0.717, 1.165) is 31.5 Å². The molecule has 0 radical (unpaired) electrons. The monoisotopic (exact) mass is 294 g/mol. The van der Waals surface area contributed by atoms with Gasteiger partial charge < -0.3 is 15.0 Å². The topological polar surface area (TPSA) is 24.5 Å². The molecule has 0 aromatic heterocycles. The number of benzene rings is 1. The second-order valence-electron chi connectivity index (χ2n) is 5.42. The Labute approximate surface area is 127 Å². The molecule has 0 aliphatic carbocycles. The molecule has 2 rings (SSSR count). The first kappa shape index (κ1) is 15.7. The smallest absolute Gasteiger partial charge is 0.0587 e. The number of thioether (sulfide) groups is 1. The Morgan fingerprint density at radius 1 is 1.45 bits per heavy atom. The molecule has 1 fully saturated rings. The third-order valence-electron chi connectivity index (χ3n) is 3.66. The van der Waals surface area contributed by atoms with Gasteiger partial charge in [0.15, 0.2) is 0 Å². The van der Waals surface area contributed by atoms with Crippen molar-refractivity contribution in [2.45, 2.75) is 25.6 Å². The van der Waals surface area contributed by atoms with Gasteiger partial charge in [0.25, 0.3) is 0 Å². The minimum Gasteiger partial charge on any atom is -0.383 e. The molecule has 0 bridgehead atoms. The number of nitrogens with zero attached hydrogens (tertiary/aromatic N) is 1. The van der Waals surface area contributed by atoms with E-state index in [1.807, 2.05) is 0 Å². The number of hydrogen-bond donors (Lipinski definition) is 1. The number of methoxy groups -OCH3 is 1. The van der Waals surface area contributed by atoms with E-state index in [4.69, 9.17) is 4.74 Å². The fourth-order valence-electron chi connectivity index (χ4n) is 2.63. The van der Waals surface area contributed by atoms with Crippen LogP contribution in [0, 0.1) is 6.92 Å². The van der Waals surface area contributed by atoms with Gasteiger partial charge in [-0.15, -0.1) is 0 Å². The maximum Gasteiger partial charge on any atom is 0.0587 e. The summed E-state index contributed by atoms with van der Waals surface area (Å²) in [6.45, 7) is 9.45. The first-order valence-corrected chi connectivity index (χ1v) is 8.41. The van der Waals surface area contributed by atoms with Crippen molar-refractivity contribution in [2.24, 2.45) is 0 Å². The highest BCUT2D eigenvalue weighted by atomic mass is 32.2. The zero-order valence-electron chi connectivity index (χ0n) is 12.8. The van der Waals surface area contributed by atoms with Gasteiger partial charge in [-0.05, 0) is 24.1 Å². The molecule has 112 valence electrons. The minimum absolute atomic E-state index is 0.735. The number of ether oxygens (including phenoxy) is 1. The van der Waals surface area contributed by atoms with E-state index in [1.54, 1.807) is 7.11 Å². The van der Waals surface area contributed by atoms with Crippen LogP contribution >= 0.6 is 11.8 Å². The van der Waals surface area contributed by atoms with Gasteiger partial charge in [0.1, 0.15) is 0 Å². The van der Waals surface area contributed by atoms with Gasteiger partial charge >= 0.3 is 0 Å². The van der Waals surface area contributed by atoms with Crippen LogP contribution in [0.2, 0.25) is 0 Å². The van der Waals surface area contributed by atoms with Crippen molar-refractivity contribution < 1.29 is 4.74 Å². The Morgan fingerprint density at radius 2 is 2.30 bits per heavy atom. The van der Waals surface area contributed by atoms with E-state index in [1.165, 1.54) is 29.1 Å². The highest BCUT2D eigenvalue weighted by molar-refractivity contribution is 8.00. The lowest BCUT2D eigenvalue weighted by Gasteiger charge is -2.33. The van der Waals surface area contributed by atoms with Gasteiger partial charge in [-0.1, -0.05) is 19.1 Å². The van der Waals surface area contributed by atoms with Crippen LogP contribution in [-0.4, -0.2) is 44.4 Å². The van der Waals surface area contributed by atoms with Crippen molar-refractivity contribution in [1.29, 1.82) is 0 Å². The predicted octanol–water partition coefficient (Wildman–Crippen LogP) is 2.67. The quantitative estimate of drug-likeness (QED) is 0.815. The molecule has 1 heterocycles. The van der Waals surface area contributed by atoms with Crippen molar-refractivity contribution in [3.63, 3.8) is 0 Å². The predicted molar refractivity (Wildman–Crippen MR) is 88.9 cm³/mol. The number of hydrogen-bond acceptors (Lipinski definition) is 4. The van der Waals surface area contributed by atoms with Crippen molar-refractivity contribution in [3.8, 4) is 0 Å². The third-order valence-corrected chi connectivity index (χ3v) is 4.79. The molecule has 0 amide bonds. The summed E-state index contributed by atoms with van der Waals surface area (Å²) in [6.07, 6.45) is 0. The van der Waals surface area contributed by atoms with Crippen molar-refractivity contribution in [1.82, 2.24) is 5.32 Å². The van der Waals surface area contributed by atoms with Gasteiger partial charge in [-0.2, -0.15) is 11.8 Å². The van der Waals surface area contributed by atoms with Crippen molar-refractivity contribution in [3.05, 3.63) is 29.3 Å². The molecule has 1 aromatic rings. The molecule has 3 nitrogen and oxygen atoms in total. The minimum atomic E-state index is 0.735. The molecule has 0 spiro atoms. The van der Waals surface area contributed by atoms with Crippen LogP contribution in [0.25, 0.3) is 0 Å². The van der Waals surface area contributed by atoms with Crippen molar-refractivity contribution >= 4 is 17.4 Å². The summed E-state index contributed by atoms with van der Waals surface area (Å²) in [5.41, 5.74) is 4.13. The molecule has 1 N–H and O–H groups in total. The zero-order chi connectivity index (χ0) is 14.4. The molecule has 1 aliphatic heterocycles. The zero-order valence-corrected chi connectivity index (χ0v) is 13.6. The normalized spacial score (nSPS) is 19.4. The molecule has 1 saturated heterocycles. The van der Waals surface area contributed by atoms with Crippen LogP contribution in [0.1, 0.15) is 18.1 Å². The molecule has 0 saturated carbocycles. The standard InChI is InChI=1S/C16H26N2OS/c1-13-10-15(11-17-6-8-19-3)4-5-16(13)18-7-9-20-14(2)12-18/h4-5,10,14,17H,6-9,11-12H2,1-3H3. The maximum atomic E-state index is 5.04. The summed E-state index contributed by atoms with van der Waals surface area (Å²) in [6, 6.07) is 6.83. The molecule has 1 unspecified atom stereocenters. The first-order valence-electron chi connectivity index (χ1n) is 7.36. The Bertz CT molecular complexity index is 425. The van der Waals surface area contributed by atoms with Gasteiger partial charge in [0.05, 0.1) is 6.61 Å². The molecule has 4 heteroatoms. The third kappa shape index (κ3) is 4.40. The SMILES string of the molecule is COCCNCc1ccc(N2CCSC(C)C2)c(C)c1. The Morgan fingerprint density at radius 3 is 3.00 bits per heavy atom. The maximum absolute atomic E-state index is 5.04. The molecule has 1 aliphatic rings. The molecule has 1 atom stereocenters. The summed E-state index contributed by atoms with van der Waals surface area (Å²) >= 11 is 2.08. The van der Waals surface area contributed by atoms with Crippen LogP contribution in [0.4, 0.5) is 5.69 Å². The van der Waals surface area contributed by atoms with Crippen LogP contribution in [0.3, 0.4) is 0 Å². The lowest BCUT2D eigenvalue weighted by Crippen LogP contribution is -2.37. The van der Waals surface area contributed by atoms with E-state index in [9.17, 15) is 0 Å². The van der Waals surface area contributed by atoms with Crippen LogP contribution in [-0.2, 0) is 11.3 Å². The second kappa shape index (κ2) is 7.91. The Balaban J connectivity index is 1.95. The second-order valence-corrected chi connectivity index (χ2v) is 6.96. The first-order chi connectivity index (χ1) is 9.70. The summed E-state index contributed by atoms with van der Waals surface area (Å²) < 4.78 is 5.04.